The highest BCUT2D eigenvalue weighted by atomic mass is 15.3. The minimum Gasteiger partial charge on any atom is -0.365 e. The number of anilines is 2. The monoisotopic (exact) mass is 410 g/mol. The third-order valence-electron chi connectivity index (χ3n) is 5.84. The van der Waals surface area contributed by atoms with Crippen molar-refractivity contribution in [3.05, 3.63) is 78.8 Å². The van der Waals surface area contributed by atoms with Crippen molar-refractivity contribution in [2.75, 3.05) is 43.4 Å². The zero-order valence-corrected chi connectivity index (χ0v) is 17.7. The van der Waals surface area contributed by atoms with Crippen molar-refractivity contribution in [1.82, 2.24) is 19.9 Å². The molecule has 0 unspecified atom stereocenters. The average Bonchev–Trinajstić information content (AvgIpc) is 2.84. The molecule has 3 heterocycles. The van der Waals surface area contributed by atoms with Gasteiger partial charge in [0.05, 0.1) is 5.52 Å². The minimum atomic E-state index is 0.669. The Bertz CT molecular complexity index is 1150. The van der Waals surface area contributed by atoms with E-state index in [2.05, 4.69) is 91.7 Å². The standard InChI is InChI=1S/C25H26N6/c1-30-11-13-31(14-12-30)24-10-7-19(16-26-24)17-27-25-22-9-8-21(15-23(22)28-18-29-25)20-5-3-2-4-6-20/h2-10,15-16,18H,11-14,17H2,1H3,(H,27,28,29). The molecule has 156 valence electrons. The topological polar surface area (TPSA) is 57.2 Å². The lowest BCUT2D eigenvalue weighted by molar-refractivity contribution is 0.312. The van der Waals surface area contributed by atoms with Crippen LogP contribution in [0.1, 0.15) is 5.56 Å². The molecule has 6 nitrogen and oxygen atoms in total. The number of piperazine rings is 1. The van der Waals surface area contributed by atoms with E-state index in [4.69, 9.17) is 0 Å². The van der Waals surface area contributed by atoms with Crippen molar-refractivity contribution in [3.8, 4) is 11.1 Å². The smallest absolute Gasteiger partial charge is 0.137 e. The summed E-state index contributed by atoms with van der Waals surface area (Å²) in [6.07, 6.45) is 3.58. The Morgan fingerprint density at radius 1 is 0.839 bits per heavy atom. The van der Waals surface area contributed by atoms with E-state index >= 15 is 0 Å². The second kappa shape index (κ2) is 8.70. The zero-order chi connectivity index (χ0) is 21.0. The van der Waals surface area contributed by atoms with Crippen LogP contribution in [0.2, 0.25) is 0 Å². The van der Waals surface area contributed by atoms with E-state index in [0.717, 1.165) is 59.8 Å². The van der Waals surface area contributed by atoms with Crippen LogP contribution in [0.25, 0.3) is 22.0 Å². The molecule has 0 spiro atoms. The first-order valence-electron chi connectivity index (χ1n) is 10.7. The SMILES string of the molecule is CN1CCN(c2ccc(CNc3ncnc4cc(-c5ccccc5)ccc34)cn2)CC1. The van der Waals surface area contributed by atoms with E-state index in [1.54, 1.807) is 6.33 Å². The number of nitrogens with zero attached hydrogens (tertiary/aromatic N) is 5. The number of aromatic nitrogens is 3. The number of fused-ring (bicyclic) bond motifs is 1. The Kier molecular flexibility index (Phi) is 5.46. The van der Waals surface area contributed by atoms with Gasteiger partial charge < -0.3 is 15.1 Å². The number of hydrogen-bond acceptors (Lipinski definition) is 6. The number of likely N-dealkylation sites (N-methyl/N-ethyl adjacent to an activating group) is 1. The quantitative estimate of drug-likeness (QED) is 0.536. The number of benzene rings is 2. The maximum Gasteiger partial charge on any atom is 0.137 e. The van der Waals surface area contributed by atoms with E-state index in [1.165, 1.54) is 5.56 Å². The fourth-order valence-electron chi connectivity index (χ4n) is 3.94. The van der Waals surface area contributed by atoms with Crippen LogP contribution in [0.15, 0.2) is 73.2 Å². The molecule has 0 bridgehead atoms. The average molecular weight is 411 g/mol. The third kappa shape index (κ3) is 4.34. The molecule has 1 saturated heterocycles. The van der Waals surface area contributed by atoms with Gasteiger partial charge in [-0.1, -0.05) is 42.5 Å². The molecule has 1 fully saturated rings. The molecule has 0 aliphatic carbocycles. The van der Waals surface area contributed by atoms with E-state index < -0.39 is 0 Å². The maximum atomic E-state index is 4.68. The van der Waals surface area contributed by atoms with Crippen LogP contribution in [0.4, 0.5) is 11.6 Å². The van der Waals surface area contributed by atoms with Gasteiger partial charge >= 0.3 is 0 Å². The van der Waals surface area contributed by atoms with E-state index in [-0.39, 0.29) is 0 Å². The summed E-state index contributed by atoms with van der Waals surface area (Å²) in [6, 6.07) is 20.9. The van der Waals surface area contributed by atoms with E-state index in [0.29, 0.717) is 6.54 Å². The van der Waals surface area contributed by atoms with Crippen LogP contribution >= 0.6 is 0 Å². The molecule has 2 aromatic heterocycles. The highest BCUT2D eigenvalue weighted by molar-refractivity contribution is 5.91. The lowest BCUT2D eigenvalue weighted by Crippen LogP contribution is -2.44. The van der Waals surface area contributed by atoms with Gasteiger partial charge in [0, 0.05) is 44.3 Å². The van der Waals surface area contributed by atoms with Crippen molar-refractivity contribution in [2.45, 2.75) is 6.54 Å². The summed E-state index contributed by atoms with van der Waals surface area (Å²) >= 11 is 0. The van der Waals surface area contributed by atoms with Gasteiger partial charge in [-0.25, -0.2) is 15.0 Å². The molecule has 0 radical (unpaired) electrons. The van der Waals surface area contributed by atoms with Crippen LogP contribution in [-0.2, 0) is 6.54 Å². The second-order valence-corrected chi connectivity index (χ2v) is 7.99. The highest BCUT2D eigenvalue weighted by Crippen LogP contribution is 2.26. The van der Waals surface area contributed by atoms with Gasteiger partial charge in [0.2, 0.25) is 0 Å². The van der Waals surface area contributed by atoms with E-state index in [9.17, 15) is 0 Å². The molecule has 5 rings (SSSR count). The van der Waals surface area contributed by atoms with Gasteiger partial charge in [0.1, 0.15) is 18.0 Å². The normalized spacial score (nSPS) is 14.7. The summed E-state index contributed by atoms with van der Waals surface area (Å²) in [5.41, 5.74) is 4.40. The Morgan fingerprint density at radius 2 is 1.68 bits per heavy atom. The van der Waals surface area contributed by atoms with Crippen molar-refractivity contribution in [3.63, 3.8) is 0 Å². The van der Waals surface area contributed by atoms with Gasteiger partial charge in [-0.05, 0) is 41.9 Å². The molecule has 2 aromatic carbocycles. The van der Waals surface area contributed by atoms with Crippen molar-refractivity contribution in [2.24, 2.45) is 0 Å². The second-order valence-electron chi connectivity index (χ2n) is 7.99. The Balaban J connectivity index is 1.29. The number of nitrogens with one attached hydrogen (secondary N) is 1. The lowest BCUT2D eigenvalue weighted by Gasteiger charge is -2.33. The summed E-state index contributed by atoms with van der Waals surface area (Å²) in [5, 5.41) is 4.47. The third-order valence-corrected chi connectivity index (χ3v) is 5.84. The minimum absolute atomic E-state index is 0.669. The van der Waals surface area contributed by atoms with Crippen LogP contribution in [0, 0.1) is 0 Å². The largest absolute Gasteiger partial charge is 0.365 e. The molecule has 0 atom stereocenters. The molecule has 31 heavy (non-hydrogen) atoms. The highest BCUT2D eigenvalue weighted by Gasteiger charge is 2.15. The summed E-state index contributed by atoms with van der Waals surface area (Å²) in [6.45, 7) is 4.88. The van der Waals surface area contributed by atoms with Crippen LogP contribution in [0.3, 0.4) is 0 Å². The summed E-state index contributed by atoms with van der Waals surface area (Å²) in [4.78, 5) is 18.3. The molecular formula is C25H26N6. The molecule has 0 saturated carbocycles. The fourth-order valence-corrected chi connectivity index (χ4v) is 3.94. The predicted octanol–water partition coefficient (Wildman–Crippen LogP) is 4.06. The molecule has 4 aromatic rings. The molecule has 1 aliphatic heterocycles. The fraction of sp³-hybridized carbons (Fsp3) is 0.240. The summed E-state index contributed by atoms with van der Waals surface area (Å²) in [5.74, 6) is 1.89. The van der Waals surface area contributed by atoms with Gasteiger partial charge in [-0.15, -0.1) is 0 Å². The zero-order valence-electron chi connectivity index (χ0n) is 17.7. The van der Waals surface area contributed by atoms with Crippen molar-refractivity contribution >= 4 is 22.5 Å². The number of pyridine rings is 1. The lowest BCUT2D eigenvalue weighted by atomic mass is 10.0. The molecule has 0 amide bonds. The molecular weight excluding hydrogens is 384 g/mol. The number of rotatable bonds is 5. The van der Waals surface area contributed by atoms with E-state index in [1.807, 2.05) is 12.3 Å². The molecule has 1 aliphatic rings. The first-order valence-corrected chi connectivity index (χ1v) is 10.7. The first kappa shape index (κ1) is 19.5. The summed E-state index contributed by atoms with van der Waals surface area (Å²) in [7, 11) is 2.17. The maximum absolute atomic E-state index is 4.68. The molecule has 6 heteroatoms. The van der Waals surface area contributed by atoms with Crippen LogP contribution < -0.4 is 10.2 Å². The first-order chi connectivity index (χ1) is 15.3. The van der Waals surface area contributed by atoms with Gasteiger partial charge in [-0.2, -0.15) is 0 Å². The Hall–Kier alpha value is -3.51. The molecule has 1 N–H and O–H groups in total. The van der Waals surface area contributed by atoms with Gasteiger partial charge in [0.25, 0.3) is 0 Å². The van der Waals surface area contributed by atoms with Crippen LogP contribution in [-0.4, -0.2) is 53.1 Å². The summed E-state index contributed by atoms with van der Waals surface area (Å²) < 4.78 is 0. The van der Waals surface area contributed by atoms with Crippen LogP contribution in [0.5, 0.6) is 0 Å². The van der Waals surface area contributed by atoms with Gasteiger partial charge in [0.15, 0.2) is 0 Å². The Labute approximate surface area is 182 Å². The number of hydrogen-bond donors (Lipinski definition) is 1. The van der Waals surface area contributed by atoms with Crippen molar-refractivity contribution < 1.29 is 0 Å². The van der Waals surface area contributed by atoms with Gasteiger partial charge in [-0.3, -0.25) is 0 Å². The van der Waals surface area contributed by atoms with Crippen molar-refractivity contribution in [1.29, 1.82) is 0 Å². The predicted molar refractivity (Wildman–Crippen MR) is 126 cm³/mol. The Morgan fingerprint density at radius 3 is 2.45 bits per heavy atom.